The van der Waals surface area contributed by atoms with E-state index in [1.165, 1.54) is 23.9 Å². The first-order valence-corrected chi connectivity index (χ1v) is 7.54. The van der Waals surface area contributed by atoms with Crippen LogP contribution in [0.4, 0.5) is 5.69 Å². The summed E-state index contributed by atoms with van der Waals surface area (Å²) in [6.07, 6.45) is 0. The Bertz CT molecular complexity index is 559. The Balaban J connectivity index is 2.67. The smallest absolute Gasteiger partial charge is 0.326 e. The van der Waals surface area contributed by atoms with Gasteiger partial charge in [-0.3, -0.25) is 14.9 Å². The van der Waals surface area contributed by atoms with E-state index in [0.717, 1.165) is 0 Å². The van der Waals surface area contributed by atoms with Gasteiger partial charge in [0.05, 0.1) is 10.2 Å². The fourth-order valence-electron chi connectivity index (χ4n) is 1.69. The van der Waals surface area contributed by atoms with Gasteiger partial charge in [0, 0.05) is 17.0 Å². The first kappa shape index (κ1) is 18.0. The fourth-order valence-corrected chi connectivity index (χ4v) is 2.56. The second-order valence-corrected chi connectivity index (χ2v) is 6.49. The number of amides is 1. The number of rotatable bonds is 7. The number of nitrogens with one attached hydrogen (secondary N) is 1. The highest BCUT2D eigenvalue weighted by Gasteiger charge is 2.26. The van der Waals surface area contributed by atoms with Crippen LogP contribution in [0.3, 0.4) is 0 Å². The van der Waals surface area contributed by atoms with Gasteiger partial charge >= 0.3 is 5.97 Å². The van der Waals surface area contributed by atoms with E-state index < -0.39 is 22.2 Å². The molecule has 0 saturated carbocycles. The van der Waals surface area contributed by atoms with Crippen molar-refractivity contribution in [1.29, 1.82) is 0 Å². The molecule has 1 aromatic rings. The minimum absolute atomic E-state index is 0.0211. The van der Waals surface area contributed by atoms with E-state index in [0.29, 0.717) is 4.90 Å². The summed E-state index contributed by atoms with van der Waals surface area (Å²) < 4.78 is 0. The van der Waals surface area contributed by atoms with Gasteiger partial charge in [0.15, 0.2) is 0 Å². The van der Waals surface area contributed by atoms with Crippen molar-refractivity contribution in [2.45, 2.75) is 37.0 Å². The van der Waals surface area contributed by atoms with Crippen molar-refractivity contribution in [2.75, 3.05) is 0 Å². The van der Waals surface area contributed by atoms with E-state index in [-0.39, 0.29) is 17.5 Å². The molecule has 120 valence electrons. The number of non-ortho nitro benzene ring substituents is 1. The van der Waals surface area contributed by atoms with Gasteiger partial charge < -0.3 is 10.4 Å². The number of nitro groups is 1. The number of hydrogen-bond donors (Lipinski definition) is 2. The number of carboxylic acid groups (broad SMARTS) is 1. The Morgan fingerprint density at radius 3 is 2.18 bits per heavy atom. The molecule has 2 unspecified atom stereocenters. The second kappa shape index (κ2) is 7.79. The molecule has 0 spiro atoms. The first-order valence-electron chi connectivity index (χ1n) is 6.66. The van der Waals surface area contributed by atoms with Crippen molar-refractivity contribution >= 4 is 29.3 Å². The van der Waals surface area contributed by atoms with Crippen molar-refractivity contribution in [3.8, 4) is 0 Å². The number of carbonyl (C=O) groups is 2. The molecule has 0 saturated heterocycles. The topological polar surface area (TPSA) is 110 Å². The van der Waals surface area contributed by atoms with Crippen LogP contribution in [0.2, 0.25) is 0 Å². The number of carboxylic acids is 1. The van der Waals surface area contributed by atoms with Crippen LogP contribution >= 0.6 is 11.8 Å². The van der Waals surface area contributed by atoms with Crippen LogP contribution in [0.15, 0.2) is 29.2 Å². The lowest BCUT2D eigenvalue weighted by molar-refractivity contribution is -0.384. The third kappa shape index (κ3) is 5.03. The maximum atomic E-state index is 12.0. The third-order valence-corrected chi connectivity index (χ3v) is 4.07. The van der Waals surface area contributed by atoms with E-state index >= 15 is 0 Å². The van der Waals surface area contributed by atoms with Crippen LogP contribution in [0.25, 0.3) is 0 Å². The molecule has 0 heterocycles. The fraction of sp³-hybridized carbons (Fsp3) is 0.429. The average molecular weight is 326 g/mol. The van der Waals surface area contributed by atoms with E-state index in [2.05, 4.69) is 5.32 Å². The van der Waals surface area contributed by atoms with Gasteiger partial charge in [0.1, 0.15) is 6.04 Å². The highest BCUT2D eigenvalue weighted by molar-refractivity contribution is 8.00. The molecule has 1 amide bonds. The van der Waals surface area contributed by atoms with Gasteiger partial charge in [0.2, 0.25) is 5.91 Å². The number of carbonyl (C=O) groups excluding carboxylic acids is 1. The normalized spacial score (nSPS) is 13.5. The van der Waals surface area contributed by atoms with Gasteiger partial charge in [-0.2, -0.15) is 0 Å². The molecule has 8 heteroatoms. The molecular weight excluding hydrogens is 308 g/mol. The Hall–Kier alpha value is -2.09. The molecular formula is C14H18N2O5S. The van der Waals surface area contributed by atoms with Crippen molar-refractivity contribution in [3.05, 3.63) is 34.4 Å². The average Bonchev–Trinajstić information content (AvgIpc) is 2.44. The maximum absolute atomic E-state index is 12.0. The number of nitro benzene ring substituents is 1. The Morgan fingerprint density at radius 1 is 1.23 bits per heavy atom. The molecule has 0 aliphatic carbocycles. The highest BCUT2D eigenvalue weighted by atomic mass is 32.2. The number of thioether (sulfide) groups is 1. The van der Waals surface area contributed by atoms with E-state index in [9.17, 15) is 19.7 Å². The van der Waals surface area contributed by atoms with Crippen molar-refractivity contribution in [1.82, 2.24) is 5.32 Å². The lowest BCUT2D eigenvalue weighted by atomic mass is 10.0. The van der Waals surface area contributed by atoms with Crippen LogP contribution in [-0.4, -0.2) is 33.2 Å². The zero-order valence-corrected chi connectivity index (χ0v) is 13.3. The number of benzene rings is 1. The molecule has 0 radical (unpaired) electrons. The van der Waals surface area contributed by atoms with Crippen molar-refractivity contribution in [2.24, 2.45) is 5.92 Å². The summed E-state index contributed by atoms with van der Waals surface area (Å²) in [5.41, 5.74) is -0.0211. The van der Waals surface area contributed by atoms with Crippen LogP contribution in [0.5, 0.6) is 0 Å². The molecule has 0 aromatic heterocycles. The lowest BCUT2D eigenvalue weighted by Crippen LogP contribution is -2.46. The zero-order valence-electron chi connectivity index (χ0n) is 12.5. The summed E-state index contributed by atoms with van der Waals surface area (Å²) in [7, 11) is 0. The molecule has 22 heavy (non-hydrogen) atoms. The summed E-state index contributed by atoms with van der Waals surface area (Å²) in [4.78, 5) is 33.9. The van der Waals surface area contributed by atoms with Crippen LogP contribution < -0.4 is 5.32 Å². The molecule has 2 atom stereocenters. The number of hydrogen-bond acceptors (Lipinski definition) is 5. The van der Waals surface area contributed by atoms with Crippen molar-refractivity contribution < 1.29 is 19.6 Å². The minimum Gasteiger partial charge on any atom is -0.480 e. The Kier molecular flexibility index (Phi) is 6.36. The Labute approximate surface area is 132 Å². The van der Waals surface area contributed by atoms with Gasteiger partial charge in [-0.25, -0.2) is 4.79 Å². The molecule has 2 N–H and O–H groups in total. The van der Waals surface area contributed by atoms with Gasteiger partial charge in [-0.1, -0.05) is 13.8 Å². The lowest BCUT2D eigenvalue weighted by Gasteiger charge is -2.20. The second-order valence-electron chi connectivity index (χ2n) is 5.08. The largest absolute Gasteiger partial charge is 0.480 e. The monoisotopic (exact) mass is 326 g/mol. The predicted octanol–water partition coefficient (Wildman–Crippen LogP) is 2.30. The van der Waals surface area contributed by atoms with E-state index in [1.54, 1.807) is 32.9 Å². The third-order valence-electron chi connectivity index (χ3n) is 2.96. The SMILES string of the molecule is CC(Sc1ccc([N+](=O)[O-])cc1)C(=O)NC(C(=O)O)C(C)C. The molecule has 0 fully saturated rings. The summed E-state index contributed by atoms with van der Waals surface area (Å²) in [6.45, 7) is 5.08. The maximum Gasteiger partial charge on any atom is 0.326 e. The van der Waals surface area contributed by atoms with Crippen LogP contribution in [-0.2, 0) is 9.59 Å². The standard InChI is InChI=1S/C14H18N2O5S/c1-8(2)12(14(18)19)15-13(17)9(3)22-11-6-4-10(5-7-11)16(20)21/h4-9,12H,1-3H3,(H,15,17)(H,18,19). The molecule has 0 aliphatic heterocycles. The quantitative estimate of drug-likeness (QED) is 0.452. The highest BCUT2D eigenvalue weighted by Crippen LogP contribution is 2.25. The Morgan fingerprint density at radius 2 is 1.77 bits per heavy atom. The first-order chi connectivity index (χ1) is 10.2. The van der Waals surface area contributed by atoms with Gasteiger partial charge in [-0.05, 0) is 25.0 Å². The molecule has 1 rings (SSSR count). The summed E-state index contributed by atoms with van der Waals surface area (Å²) >= 11 is 1.21. The van der Waals surface area contributed by atoms with Crippen molar-refractivity contribution in [3.63, 3.8) is 0 Å². The van der Waals surface area contributed by atoms with Crippen LogP contribution in [0.1, 0.15) is 20.8 Å². The summed E-state index contributed by atoms with van der Waals surface area (Å²) in [5.74, 6) is -1.68. The molecule has 0 bridgehead atoms. The number of nitrogens with zero attached hydrogens (tertiary/aromatic N) is 1. The summed E-state index contributed by atoms with van der Waals surface area (Å²) in [5, 5.41) is 21.6. The molecule has 1 aromatic carbocycles. The molecule has 0 aliphatic rings. The minimum atomic E-state index is -1.07. The number of aliphatic carboxylic acids is 1. The van der Waals surface area contributed by atoms with E-state index in [4.69, 9.17) is 5.11 Å². The van der Waals surface area contributed by atoms with Gasteiger partial charge in [0.25, 0.3) is 5.69 Å². The van der Waals surface area contributed by atoms with Gasteiger partial charge in [-0.15, -0.1) is 11.8 Å². The summed E-state index contributed by atoms with van der Waals surface area (Å²) in [6, 6.07) is 4.91. The molecule has 7 nitrogen and oxygen atoms in total. The zero-order chi connectivity index (χ0) is 16.9. The van der Waals surface area contributed by atoms with E-state index in [1.807, 2.05) is 0 Å². The predicted molar refractivity (Wildman–Crippen MR) is 82.8 cm³/mol. The van der Waals surface area contributed by atoms with Crippen LogP contribution in [0, 0.1) is 16.0 Å².